The first-order chi connectivity index (χ1) is 21.3. The van der Waals surface area contributed by atoms with Crippen LogP contribution in [0.5, 0.6) is 0 Å². The first kappa shape index (κ1) is 29.7. The maximum Gasteiger partial charge on any atom is 0.283 e. The summed E-state index contributed by atoms with van der Waals surface area (Å²) in [4.78, 5) is 37.7. The van der Waals surface area contributed by atoms with Gasteiger partial charge in [-0.2, -0.15) is 4.31 Å². The molecule has 3 aromatic heterocycles. The Morgan fingerprint density at radius 1 is 1.02 bits per heavy atom. The summed E-state index contributed by atoms with van der Waals surface area (Å²) in [5.74, 6) is 1.96. The quantitative estimate of drug-likeness (QED) is 0.248. The van der Waals surface area contributed by atoms with Crippen LogP contribution < -0.4 is 5.32 Å². The summed E-state index contributed by atoms with van der Waals surface area (Å²) in [5, 5.41) is 3.97. The summed E-state index contributed by atoms with van der Waals surface area (Å²) in [6, 6.07) is 19.5. The number of thiazole rings is 1. The first-order valence-electron chi connectivity index (χ1n) is 13.8. The smallest absolute Gasteiger partial charge is 0.283 e. The number of fused-ring (bicyclic) bond motifs is 1. The number of piperazine rings is 1. The minimum Gasteiger partial charge on any atom is -0.352 e. The number of rotatable bonds is 8. The third-order valence-electron chi connectivity index (χ3n) is 7.37. The van der Waals surface area contributed by atoms with E-state index >= 15 is 0 Å². The van der Waals surface area contributed by atoms with Gasteiger partial charge in [-0.25, -0.2) is 13.4 Å². The molecule has 9 nitrogen and oxygen atoms in total. The predicted octanol–water partition coefficient (Wildman–Crippen LogP) is 4.62. The van der Waals surface area contributed by atoms with Crippen molar-refractivity contribution in [3.63, 3.8) is 0 Å². The fourth-order valence-electron chi connectivity index (χ4n) is 5.07. The van der Waals surface area contributed by atoms with Crippen LogP contribution in [0.3, 0.4) is 0 Å². The molecule has 222 valence electrons. The largest absolute Gasteiger partial charge is 0.352 e. The molecule has 1 unspecified atom stereocenters. The standard InChI is InChI=1S/C32H27N5O4S3/c1-2-22-8-9-25-17-30(42-27(25)16-22)44(40,41)36-14-15-37(26(21-36)18-29(38)34-19-23-6-4-3-5-7-23)32(39)31-35-20-28(43-31)24-10-12-33-13-11-24/h1,3-13,16-17,20,26H,14-15,18-19,21H2,(H,34,38). The van der Waals surface area contributed by atoms with Crippen molar-refractivity contribution in [2.24, 2.45) is 0 Å². The van der Waals surface area contributed by atoms with Gasteiger partial charge in [0.25, 0.3) is 15.9 Å². The summed E-state index contributed by atoms with van der Waals surface area (Å²) < 4.78 is 30.0. The summed E-state index contributed by atoms with van der Waals surface area (Å²) in [6.07, 6.45) is 10.4. The average Bonchev–Trinajstić information content (AvgIpc) is 3.73. The van der Waals surface area contributed by atoms with E-state index in [0.29, 0.717) is 12.1 Å². The molecule has 0 aliphatic carbocycles. The van der Waals surface area contributed by atoms with Crippen LogP contribution in [0.1, 0.15) is 27.3 Å². The van der Waals surface area contributed by atoms with Crippen molar-refractivity contribution >= 4 is 54.6 Å². The van der Waals surface area contributed by atoms with E-state index in [1.165, 1.54) is 15.6 Å². The summed E-state index contributed by atoms with van der Waals surface area (Å²) >= 11 is 2.41. The molecule has 1 fully saturated rings. The molecule has 6 rings (SSSR count). The van der Waals surface area contributed by atoms with Crippen LogP contribution in [0.15, 0.2) is 89.5 Å². The monoisotopic (exact) mass is 641 g/mol. The normalized spacial score (nSPS) is 15.6. The van der Waals surface area contributed by atoms with Gasteiger partial charge >= 0.3 is 0 Å². The topological polar surface area (TPSA) is 113 Å². The second-order valence-electron chi connectivity index (χ2n) is 10.2. The fraction of sp³-hybridized carbons (Fsp3) is 0.188. The van der Waals surface area contributed by atoms with Crippen LogP contribution in [-0.2, 0) is 21.4 Å². The Morgan fingerprint density at radius 2 is 1.82 bits per heavy atom. The summed E-state index contributed by atoms with van der Waals surface area (Å²) in [6.45, 7) is 0.498. The van der Waals surface area contributed by atoms with Crippen LogP contribution in [0.25, 0.3) is 20.5 Å². The minimum atomic E-state index is -3.90. The number of hydrogen-bond acceptors (Lipinski definition) is 8. The average molecular weight is 642 g/mol. The number of nitrogens with one attached hydrogen (secondary N) is 1. The molecule has 0 saturated carbocycles. The van der Waals surface area contributed by atoms with E-state index in [1.807, 2.05) is 48.5 Å². The molecule has 0 bridgehead atoms. The van der Waals surface area contributed by atoms with E-state index in [0.717, 1.165) is 37.4 Å². The van der Waals surface area contributed by atoms with E-state index in [1.54, 1.807) is 41.7 Å². The molecule has 1 N–H and O–H groups in total. The van der Waals surface area contributed by atoms with Gasteiger partial charge in [0.15, 0.2) is 5.01 Å². The minimum absolute atomic E-state index is 0.0285. The lowest BCUT2D eigenvalue weighted by Gasteiger charge is -2.40. The number of carbonyl (C=O) groups is 2. The summed E-state index contributed by atoms with van der Waals surface area (Å²) in [7, 11) is -3.90. The molecule has 1 aliphatic rings. The van der Waals surface area contributed by atoms with Crippen molar-refractivity contribution < 1.29 is 18.0 Å². The van der Waals surface area contributed by atoms with Crippen molar-refractivity contribution in [1.82, 2.24) is 24.5 Å². The first-order valence-corrected chi connectivity index (χ1v) is 16.9. The molecule has 4 heterocycles. The van der Waals surface area contributed by atoms with E-state index in [9.17, 15) is 18.0 Å². The fourth-order valence-corrected chi connectivity index (χ4v) is 9.00. The van der Waals surface area contributed by atoms with Gasteiger partial charge in [0.05, 0.1) is 10.9 Å². The number of sulfonamides is 1. The molecule has 1 saturated heterocycles. The number of hydrogen-bond donors (Lipinski definition) is 1. The molecule has 0 radical (unpaired) electrons. The molecule has 1 atom stereocenters. The van der Waals surface area contributed by atoms with E-state index in [2.05, 4.69) is 21.2 Å². The van der Waals surface area contributed by atoms with Gasteiger partial charge in [-0.15, -0.1) is 29.1 Å². The highest BCUT2D eigenvalue weighted by molar-refractivity contribution is 7.91. The van der Waals surface area contributed by atoms with Gasteiger partial charge in [0.1, 0.15) is 4.21 Å². The molecule has 44 heavy (non-hydrogen) atoms. The van der Waals surface area contributed by atoms with Gasteiger partial charge in [-0.3, -0.25) is 14.6 Å². The lowest BCUT2D eigenvalue weighted by molar-refractivity contribution is -0.122. The predicted molar refractivity (Wildman–Crippen MR) is 172 cm³/mol. The van der Waals surface area contributed by atoms with E-state index in [-0.39, 0.29) is 47.1 Å². The van der Waals surface area contributed by atoms with Crippen molar-refractivity contribution in [3.05, 3.63) is 101 Å². The zero-order valence-electron chi connectivity index (χ0n) is 23.4. The molecule has 2 amide bonds. The van der Waals surface area contributed by atoms with Crippen LogP contribution in [0, 0.1) is 12.3 Å². The number of nitrogens with zero attached hydrogens (tertiary/aromatic N) is 4. The Balaban J connectivity index is 1.24. The number of carbonyl (C=O) groups excluding carboxylic acids is 2. The number of thiophene rings is 1. The number of pyridine rings is 1. The Labute approximate surface area is 263 Å². The number of aromatic nitrogens is 2. The van der Waals surface area contributed by atoms with E-state index < -0.39 is 16.1 Å². The Bertz CT molecular complexity index is 1970. The highest BCUT2D eigenvalue weighted by atomic mass is 32.2. The third kappa shape index (κ3) is 6.27. The summed E-state index contributed by atoms with van der Waals surface area (Å²) in [5.41, 5.74) is 2.50. The molecular weight excluding hydrogens is 615 g/mol. The number of benzene rings is 2. The van der Waals surface area contributed by atoms with Gasteiger partial charge in [-0.05, 0) is 46.8 Å². The van der Waals surface area contributed by atoms with Crippen LogP contribution in [0.2, 0.25) is 0 Å². The van der Waals surface area contributed by atoms with Crippen molar-refractivity contribution in [1.29, 1.82) is 0 Å². The highest BCUT2D eigenvalue weighted by Gasteiger charge is 2.39. The third-order valence-corrected chi connectivity index (χ3v) is 11.8. The maximum absolute atomic E-state index is 13.8. The van der Waals surface area contributed by atoms with E-state index in [4.69, 9.17) is 6.42 Å². The molecule has 1 aliphatic heterocycles. The van der Waals surface area contributed by atoms with Gasteiger partial charge in [-0.1, -0.05) is 42.3 Å². The zero-order valence-corrected chi connectivity index (χ0v) is 25.9. The van der Waals surface area contributed by atoms with Crippen LogP contribution in [-0.4, -0.2) is 65.1 Å². The molecule has 0 spiro atoms. The van der Waals surface area contributed by atoms with Crippen LogP contribution in [0.4, 0.5) is 0 Å². The van der Waals surface area contributed by atoms with Gasteiger partial charge in [0.2, 0.25) is 5.91 Å². The Hall–Kier alpha value is -4.41. The Kier molecular flexibility index (Phi) is 8.54. The molecule has 5 aromatic rings. The Morgan fingerprint density at radius 3 is 2.59 bits per heavy atom. The number of amides is 2. The SMILES string of the molecule is C#Cc1ccc2cc(S(=O)(=O)N3CCN(C(=O)c4ncc(-c5ccncc5)s4)C(CC(=O)NCc4ccccc4)C3)sc2c1. The lowest BCUT2D eigenvalue weighted by Crippen LogP contribution is -2.57. The van der Waals surface area contributed by atoms with Crippen molar-refractivity contribution in [3.8, 4) is 22.8 Å². The second kappa shape index (κ2) is 12.7. The lowest BCUT2D eigenvalue weighted by atomic mass is 10.1. The van der Waals surface area contributed by atoms with Gasteiger partial charge < -0.3 is 10.2 Å². The highest BCUT2D eigenvalue weighted by Crippen LogP contribution is 2.33. The molecular formula is C32H27N5O4S3. The maximum atomic E-state index is 13.8. The second-order valence-corrected chi connectivity index (χ2v) is 14.5. The van der Waals surface area contributed by atoms with Crippen LogP contribution >= 0.6 is 22.7 Å². The van der Waals surface area contributed by atoms with Crippen molar-refractivity contribution in [2.45, 2.75) is 23.2 Å². The number of terminal acetylenes is 1. The molecule has 12 heteroatoms. The molecule has 2 aromatic carbocycles. The van der Waals surface area contributed by atoms with Gasteiger partial charge in [0, 0.05) is 61.5 Å². The zero-order chi connectivity index (χ0) is 30.7. The van der Waals surface area contributed by atoms with Crippen molar-refractivity contribution in [2.75, 3.05) is 19.6 Å².